The van der Waals surface area contributed by atoms with Crippen molar-refractivity contribution in [3.05, 3.63) is 46.8 Å². The number of amides is 2. The Hall–Kier alpha value is -2.87. The first-order valence-electron chi connectivity index (χ1n) is 9.04. The minimum atomic E-state index is -1.04. The van der Waals surface area contributed by atoms with Crippen LogP contribution in [0.4, 0.5) is 5.00 Å². The summed E-state index contributed by atoms with van der Waals surface area (Å²) in [4.78, 5) is 35.8. The van der Waals surface area contributed by atoms with E-state index in [1.165, 1.54) is 13.0 Å². The van der Waals surface area contributed by atoms with Crippen LogP contribution < -0.4 is 15.8 Å². The Kier molecular flexibility index (Phi) is 8.01. The van der Waals surface area contributed by atoms with Crippen molar-refractivity contribution in [3.8, 4) is 5.75 Å². The highest BCUT2D eigenvalue weighted by Crippen LogP contribution is 2.23. The zero-order valence-corrected chi connectivity index (χ0v) is 16.7. The molecule has 0 saturated heterocycles. The summed E-state index contributed by atoms with van der Waals surface area (Å²) in [6, 6.07) is 8.08. The molecular formula is C20H24N2O5S. The summed E-state index contributed by atoms with van der Waals surface area (Å²) in [5, 5.41) is 4.51. The van der Waals surface area contributed by atoms with Crippen molar-refractivity contribution in [2.24, 2.45) is 5.73 Å². The molecule has 0 aliphatic rings. The van der Waals surface area contributed by atoms with Crippen LogP contribution in [0.2, 0.25) is 0 Å². The summed E-state index contributed by atoms with van der Waals surface area (Å²) in [6.45, 7) is 4.21. The summed E-state index contributed by atoms with van der Waals surface area (Å²) in [5.74, 6) is -1.14. The molecule has 0 radical (unpaired) electrons. The van der Waals surface area contributed by atoms with E-state index in [1.54, 1.807) is 29.6 Å². The quantitative estimate of drug-likeness (QED) is 0.465. The fourth-order valence-electron chi connectivity index (χ4n) is 2.33. The monoisotopic (exact) mass is 404 g/mol. The van der Waals surface area contributed by atoms with E-state index in [1.807, 2.05) is 0 Å². The second-order valence-corrected chi connectivity index (χ2v) is 7.06. The molecule has 8 heteroatoms. The second-order valence-electron chi connectivity index (χ2n) is 6.14. The van der Waals surface area contributed by atoms with Crippen LogP contribution in [-0.2, 0) is 9.53 Å². The van der Waals surface area contributed by atoms with Crippen molar-refractivity contribution < 1.29 is 23.9 Å². The van der Waals surface area contributed by atoms with Gasteiger partial charge in [-0.25, -0.2) is 4.79 Å². The number of nitrogens with two attached hydrogens (primary N) is 1. The zero-order chi connectivity index (χ0) is 20.5. The van der Waals surface area contributed by atoms with Gasteiger partial charge in [0.1, 0.15) is 10.8 Å². The molecule has 1 atom stereocenters. The summed E-state index contributed by atoms with van der Waals surface area (Å²) in [6.07, 6.45) is 2.17. The predicted molar refractivity (Wildman–Crippen MR) is 108 cm³/mol. The molecule has 3 N–H and O–H groups in total. The van der Waals surface area contributed by atoms with Crippen LogP contribution in [0.1, 0.15) is 53.8 Å². The molecule has 1 aromatic heterocycles. The third-order valence-electron chi connectivity index (χ3n) is 3.93. The van der Waals surface area contributed by atoms with E-state index in [9.17, 15) is 14.4 Å². The van der Waals surface area contributed by atoms with Gasteiger partial charge in [0, 0.05) is 0 Å². The average Bonchev–Trinajstić information content (AvgIpc) is 3.14. The first-order chi connectivity index (χ1) is 13.4. The van der Waals surface area contributed by atoms with Crippen molar-refractivity contribution in [1.29, 1.82) is 0 Å². The number of ether oxygens (including phenoxy) is 2. The van der Waals surface area contributed by atoms with E-state index in [0.29, 0.717) is 22.9 Å². The van der Waals surface area contributed by atoms with E-state index in [2.05, 4.69) is 12.2 Å². The molecule has 0 aliphatic heterocycles. The Morgan fingerprint density at radius 1 is 1.14 bits per heavy atom. The molecular weight excluding hydrogens is 380 g/mol. The second kappa shape index (κ2) is 10.5. The molecule has 1 heterocycles. The summed E-state index contributed by atoms with van der Waals surface area (Å²) < 4.78 is 10.8. The minimum absolute atomic E-state index is 0.214. The lowest BCUT2D eigenvalue weighted by Crippen LogP contribution is -2.30. The van der Waals surface area contributed by atoms with Crippen molar-refractivity contribution >= 4 is 34.1 Å². The van der Waals surface area contributed by atoms with Crippen LogP contribution in [-0.4, -0.2) is 30.5 Å². The number of hydrogen-bond donors (Lipinski definition) is 2. The van der Waals surface area contributed by atoms with E-state index in [4.69, 9.17) is 15.2 Å². The van der Waals surface area contributed by atoms with Crippen LogP contribution in [0.25, 0.3) is 0 Å². The van der Waals surface area contributed by atoms with Crippen LogP contribution in [0.15, 0.2) is 35.7 Å². The molecule has 0 fully saturated rings. The zero-order valence-electron chi connectivity index (χ0n) is 15.9. The third-order valence-corrected chi connectivity index (χ3v) is 4.76. The molecule has 0 spiro atoms. The molecule has 0 aliphatic carbocycles. The van der Waals surface area contributed by atoms with Gasteiger partial charge in [-0.1, -0.05) is 19.8 Å². The van der Waals surface area contributed by atoms with Gasteiger partial charge >= 0.3 is 5.97 Å². The molecule has 2 aromatic rings. The van der Waals surface area contributed by atoms with E-state index in [-0.39, 0.29) is 5.56 Å². The lowest BCUT2D eigenvalue weighted by atomic mass is 10.2. The van der Waals surface area contributed by atoms with Gasteiger partial charge in [0.25, 0.3) is 11.8 Å². The molecule has 150 valence electrons. The van der Waals surface area contributed by atoms with Gasteiger partial charge in [0.2, 0.25) is 0 Å². The van der Waals surface area contributed by atoms with Gasteiger partial charge in [-0.2, -0.15) is 0 Å². The lowest BCUT2D eigenvalue weighted by Gasteiger charge is -2.13. The number of primary amides is 1. The van der Waals surface area contributed by atoms with E-state index < -0.39 is 23.9 Å². The number of unbranched alkanes of at least 4 members (excludes halogenated alkanes) is 2. The van der Waals surface area contributed by atoms with Gasteiger partial charge in [0.15, 0.2) is 6.10 Å². The number of rotatable bonds is 10. The Labute approximate surface area is 167 Å². The molecule has 1 aromatic carbocycles. The standard InChI is InChI=1S/C20H24N2O5S/c1-3-4-5-11-26-15-8-6-14(7-9-15)20(25)27-13(2)18(24)22-19-16(17(21)23)10-12-28-19/h6-10,12-13H,3-5,11H2,1-2H3,(H2,21,23)(H,22,24)/t13-/m0/s1. The topological polar surface area (TPSA) is 108 Å². The molecule has 28 heavy (non-hydrogen) atoms. The van der Waals surface area contributed by atoms with Crippen LogP contribution in [0, 0.1) is 0 Å². The molecule has 0 saturated carbocycles. The number of hydrogen-bond acceptors (Lipinski definition) is 6. The number of benzene rings is 1. The number of carbonyl (C=O) groups excluding carboxylic acids is 3. The highest BCUT2D eigenvalue weighted by atomic mass is 32.1. The van der Waals surface area contributed by atoms with Crippen LogP contribution in [0.5, 0.6) is 5.75 Å². The van der Waals surface area contributed by atoms with Gasteiger partial charge in [-0.05, 0) is 49.1 Å². The fourth-order valence-corrected chi connectivity index (χ4v) is 3.12. The normalized spacial score (nSPS) is 11.5. The molecule has 0 bridgehead atoms. The molecule has 2 rings (SSSR count). The smallest absolute Gasteiger partial charge is 0.338 e. The Morgan fingerprint density at radius 2 is 1.86 bits per heavy atom. The number of thiophene rings is 1. The van der Waals surface area contributed by atoms with Gasteiger partial charge in [0.05, 0.1) is 17.7 Å². The maximum Gasteiger partial charge on any atom is 0.338 e. The predicted octanol–water partition coefficient (Wildman–Crippen LogP) is 3.60. The van der Waals surface area contributed by atoms with Crippen molar-refractivity contribution in [2.45, 2.75) is 39.2 Å². The van der Waals surface area contributed by atoms with Gasteiger partial charge in [-0.3, -0.25) is 9.59 Å². The van der Waals surface area contributed by atoms with E-state index in [0.717, 1.165) is 30.6 Å². The summed E-state index contributed by atoms with van der Waals surface area (Å²) >= 11 is 1.16. The Bertz CT molecular complexity index is 816. The van der Waals surface area contributed by atoms with Crippen LogP contribution >= 0.6 is 11.3 Å². The van der Waals surface area contributed by atoms with Crippen molar-refractivity contribution in [3.63, 3.8) is 0 Å². The summed E-state index contributed by atoms with van der Waals surface area (Å²) in [5.41, 5.74) is 5.77. The number of nitrogens with one attached hydrogen (secondary N) is 1. The van der Waals surface area contributed by atoms with Gasteiger partial charge in [-0.15, -0.1) is 11.3 Å². The SMILES string of the molecule is CCCCCOc1ccc(C(=O)O[C@@H](C)C(=O)Nc2sccc2C(N)=O)cc1. The van der Waals surface area contributed by atoms with E-state index >= 15 is 0 Å². The summed E-state index contributed by atoms with van der Waals surface area (Å²) in [7, 11) is 0. The molecule has 0 unspecified atom stereocenters. The molecule has 2 amide bonds. The first-order valence-corrected chi connectivity index (χ1v) is 9.92. The highest BCUT2D eigenvalue weighted by molar-refractivity contribution is 7.14. The largest absolute Gasteiger partial charge is 0.494 e. The Morgan fingerprint density at radius 3 is 2.50 bits per heavy atom. The number of esters is 1. The Balaban J connectivity index is 1.88. The third kappa shape index (κ3) is 6.09. The van der Waals surface area contributed by atoms with Crippen molar-refractivity contribution in [2.75, 3.05) is 11.9 Å². The van der Waals surface area contributed by atoms with Crippen LogP contribution in [0.3, 0.4) is 0 Å². The van der Waals surface area contributed by atoms with Gasteiger partial charge < -0.3 is 20.5 Å². The average molecular weight is 404 g/mol. The number of carbonyl (C=O) groups is 3. The maximum absolute atomic E-state index is 12.2. The maximum atomic E-state index is 12.2. The van der Waals surface area contributed by atoms with Crippen molar-refractivity contribution in [1.82, 2.24) is 0 Å². The fraction of sp³-hybridized carbons (Fsp3) is 0.350. The lowest BCUT2D eigenvalue weighted by molar-refractivity contribution is -0.123. The highest BCUT2D eigenvalue weighted by Gasteiger charge is 2.21. The molecule has 7 nitrogen and oxygen atoms in total. The number of anilines is 1. The first kappa shape index (κ1) is 21.4. The minimum Gasteiger partial charge on any atom is -0.494 e.